The molecule has 0 N–H and O–H groups in total. The minimum Gasteiger partial charge on any atom is -0.448 e. The fraction of sp³-hybridized carbons (Fsp3) is 0.258. The van der Waals surface area contributed by atoms with E-state index in [-0.39, 0.29) is 35.8 Å². The summed E-state index contributed by atoms with van der Waals surface area (Å²) in [7, 11) is 0. The molecular formula is C31H25N3O7. The first-order chi connectivity index (χ1) is 19.9. The van der Waals surface area contributed by atoms with Crippen molar-refractivity contribution in [3.63, 3.8) is 0 Å². The first-order valence-corrected chi connectivity index (χ1v) is 13.5. The van der Waals surface area contributed by atoms with Crippen LogP contribution in [0.4, 0.5) is 4.79 Å². The molecule has 41 heavy (non-hydrogen) atoms. The largest absolute Gasteiger partial charge is 0.448 e. The van der Waals surface area contributed by atoms with Crippen LogP contribution in [0.2, 0.25) is 0 Å². The molecule has 7 rings (SSSR count). The lowest BCUT2D eigenvalue weighted by Crippen LogP contribution is -2.47. The van der Waals surface area contributed by atoms with Crippen LogP contribution in [0.15, 0.2) is 78.0 Å². The second kappa shape index (κ2) is 9.58. The number of carbonyl (C=O) groups excluding carboxylic acids is 4. The summed E-state index contributed by atoms with van der Waals surface area (Å²) in [6.45, 7) is 0.974. The number of likely N-dealkylation sites (tertiary alicyclic amines) is 1. The molecule has 3 aliphatic heterocycles. The van der Waals surface area contributed by atoms with E-state index in [0.717, 1.165) is 11.1 Å². The van der Waals surface area contributed by atoms with Crippen LogP contribution in [0.25, 0.3) is 11.1 Å². The number of oxime groups is 1. The van der Waals surface area contributed by atoms with E-state index in [0.29, 0.717) is 31.0 Å². The third kappa shape index (κ3) is 4.14. The number of imide groups is 1. The molecule has 0 radical (unpaired) electrons. The summed E-state index contributed by atoms with van der Waals surface area (Å²) in [4.78, 5) is 63.2. The van der Waals surface area contributed by atoms with E-state index in [1.54, 1.807) is 17.0 Å². The Morgan fingerprint density at radius 1 is 0.829 bits per heavy atom. The van der Waals surface area contributed by atoms with Gasteiger partial charge in [0.25, 0.3) is 11.8 Å². The molecule has 1 spiro atoms. The van der Waals surface area contributed by atoms with Crippen molar-refractivity contribution in [1.29, 1.82) is 0 Å². The monoisotopic (exact) mass is 551 g/mol. The van der Waals surface area contributed by atoms with Gasteiger partial charge < -0.3 is 19.3 Å². The highest BCUT2D eigenvalue weighted by atomic mass is 16.7. The number of nitrogens with zero attached hydrogens (tertiary/aromatic N) is 3. The Hall–Kier alpha value is -4.99. The van der Waals surface area contributed by atoms with Gasteiger partial charge in [-0.25, -0.2) is 9.59 Å². The fourth-order valence-electron chi connectivity index (χ4n) is 6.07. The molecular weight excluding hydrogens is 526 g/mol. The molecule has 0 atom stereocenters. The van der Waals surface area contributed by atoms with E-state index < -0.39 is 29.5 Å². The van der Waals surface area contributed by atoms with Crippen molar-refractivity contribution < 1.29 is 33.6 Å². The van der Waals surface area contributed by atoms with Crippen molar-refractivity contribution in [1.82, 2.24) is 9.96 Å². The zero-order chi connectivity index (χ0) is 28.1. The van der Waals surface area contributed by atoms with Crippen molar-refractivity contribution in [2.24, 2.45) is 5.16 Å². The smallest absolute Gasteiger partial charge is 0.409 e. The van der Waals surface area contributed by atoms with Crippen LogP contribution in [0.1, 0.15) is 57.0 Å². The van der Waals surface area contributed by atoms with Crippen LogP contribution in [-0.4, -0.2) is 64.8 Å². The normalized spacial score (nSPS) is 18.5. The summed E-state index contributed by atoms with van der Waals surface area (Å²) >= 11 is 0. The van der Waals surface area contributed by atoms with Gasteiger partial charge >= 0.3 is 12.1 Å². The second-order valence-corrected chi connectivity index (χ2v) is 10.6. The number of carbonyl (C=O) groups is 4. The molecule has 1 saturated heterocycles. The fourth-order valence-corrected chi connectivity index (χ4v) is 6.07. The van der Waals surface area contributed by atoms with Gasteiger partial charge in [0.15, 0.2) is 5.71 Å². The van der Waals surface area contributed by atoms with Crippen LogP contribution >= 0.6 is 0 Å². The lowest BCUT2D eigenvalue weighted by molar-refractivity contribution is -0.159. The number of hydrogen-bond acceptors (Lipinski definition) is 8. The number of hydrogen-bond donors (Lipinski definition) is 0. The van der Waals surface area contributed by atoms with Crippen molar-refractivity contribution >= 4 is 29.6 Å². The van der Waals surface area contributed by atoms with Crippen molar-refractivity contribution in [3.05, 3.63) is 95.1 Å². The van der Waals surface area contributed by atoms with Gasteiger partial charge in [-0.15, -0.1) is 0 Å². The molecule has 0 saturated carbocycles. The topological polar surface area (TPSA) is 115 Å². The number of hydroxylamine groups is 2. The van der Waals surface area contributed by atoms with Gasteiger partial charge in [0, 0.05) is 38.3 Å². The lowest BCUT2D eigenvalue weighted by Gasteiger charge is -2.36. The number of ether oxygens (including phenoxy) is 1. The van der Waals surface area contributed by atoms with E-state index in [2.05, 4.69) is 29.4 Å². The van der Waals surface area contributed by atoms with E-state index in [9.17, 15) is 19.2 Å². The molecule has 1 fully saturated rings. The third-order valence-corrected chi connectivity index (χ3v) is 8.27. The van der Waals surface area contributed by atoms with Crippen LogP contribution in [0.5, 0.6) is 0 Å². The Morgan fingerprint density at radius 2 is 1.37 bits per heavy atom. The Balaban J connectivity index is 0.932. The molecule has 0 unspecified atom stereocenters. The summed E-state index contributed by atoms with van der Waals surface area (Å²) in [5.74, 6) is -2.35. The van der Waals surface area contributed by atoms with Gasteiger partial charge in [0.05, 0.1) is 11.1 Å². The van der Waals surface area contributed by atoms with E-state index in [4.69, 9.17) is 14.4 Å². The zero-order valence-corrected chi connectivity index (χ0v) is 21.9. The van der Waals surface area contributed by atoms with Gasteiger partial charge in [-0.1, -0.05) is 70.9 Å². The highest BCUT2D eigenvalue weighted by Gasteiger charge is 2.47. The number of benzene rings is 3. The van der Waals surface area contributed by atoms with Crippen molar-refractivity contribution in [2.45, 2.75) is 30.8 Å². The summed E-state index contributed by atoms with van der Waals surface area (Å²) < 4.78 is 5.78. The van der Waals surface area contributed by atoms with Crippen LogP contribution in [-0.2, 0) is 19.2 Å². The number of rotatable bonds is 4. The first-order valence-electron chi connectivity index (χ1n) is 13.5. The Kier molecular flexibility index (Phi) is 5.84. The number of piperidine rings is 1. The maximum absolute atomic E-state index is 13.0. The SMILES string of the molecule is O=C(ON1C(=O)c2ccccc2C1=O)C1=NOC2(CCN(C(=O)OCC3c4ccccc4-c4ccccc43)CC2)C1. The molecule has 4 aliphatic rings. The highest BCUT2D eigenvalue weighted by molar-refractivity contribution is 6.37. The Bertz CT molecular complexity index is 1560. The van der Waals surface area contributed by atoms with Crippen LogP contribution in [0, 0.1) is 0 Å². The molecule has 0 aromatic heterocycles. The molecule has 10 nitrogen and oxygen atoms in total. The summed E-state index contributed by atoms with van der Waals surface area (Å²) in [5.41, 5.74) is 4.19. The second-order valence-electron chi connectivity index (χ2n) is 10.6. The minimum atomic E-state index is -0.921. The minimum absolute atomic E-state index is 0.0175. The van der Waals surface area contributed by atoms with E-state index in [1.807, 2.05) is 24.3 Å². The lowest BCUT2D eigenvalue weighted by atomic mass is 9.87. The predicted octanol–water partition coefficient (Wildman–Crippen LogP) is 4.30. The molecule has 3 amide bonds. The first kappa shape index (κ1) is 25.0. The number of fused-ring (bicyclic) bond motifs is 4. The van der Waals surface area contributed by atoms with Crippen molar-refractivity contribution in [3.8, 4) is 11.1 Å². The molecule has 0 bridgehead atoms. The standard InChI is InChI=1S/C31H25N3O7/c35-27-23-11-5-6-12-24(23)28(36)34(27)40-29(37)26-17-31(41-32-26)13-15-33(16-14-31)30(38)39-18-25-21-9-3-1-7-19(21)20-8-2-4-10-22(20)25/h1-12,25H,13-18H2. The van der Waals surface area contributed by atoms with E-state index in [1.165, 1.54) is 23.3 Å². The predicted molar refractivity (Wildman–Crippen MR) is 145 cm³/mol. The summed E-state index contributed by atoms with van der Waals surface area (Å²) in [6.07, 6.45) is 0.619. The van der Waals surface area contributed by atoms with Crippen LogP contribution < -0.4 is 0 Å². The van der Waals surface area contributed by atoms with Gasteiger partial charge in [0.2, 0.25) is 0 Å². The van der Waals surface area contributed by atoms with Gasteiger partial charge in [-0.05, 0) is 34.4 Å². The molecule has 3 heterocycles. The highest BCUT2D eigenvalue weighted by Crippen LogP contribution is 2.44. The summed E-state index contributed by atoms with van der Waals surface area (Å²) in [5, 5.41) is 4.37. The molecule has 3 aromatic carbocycles. The molecule has 3 aromatic rings. The van der Waals surface area contributed by atoms with Crippen LogP contribution in [0.3, 0.4) is 0 Å². The third-order valence-electron chi connectivity index (χ3n) is 8.27. The zero-order valence-electron chi connectivity index (χ0n) is 21.9. The van der Waals surface area contributed by atoms with Crippen molar-refractivity contribution in [2.75, 3.05) is 19.7 Å². The molecule has 10 heteroatoms. The average Bonchev–Trinajstić information content (AvgIpc) is 3.64. The quantitative estimate of drug-likeness (QED) is 0.444. The maximum atomic E-state index is 13.0. The summed E-state index contributed by atoms with van der Waals surface area (Å²) in [6, 6.07) is 22.6. The molecule has 206 valence electrons. The average molecular weight is 552 g/mol. The Morgan fingerprint density at radius 3 is 1.95 bits per heavy atom. The number of amides is 3. The van der Waals surface area contributed by atoms with Gasteiger partial charge in [-0.2, -0.15) is 0 Å². The maximum Gasteiger partial charge on any atom is 0.409 e. The van der Waals surface area contributed by atoms with Gasteiger partial charge in [0.1, 0.15) is 12.2 Å². The molecule has 1 aliphatic carbocycles. The van der Waals surface area contributed by atoms with E-state index >= 15 is 0 Å². The Labute approximate surface area is 235 Å². The van der Waals surface area contributed by atoms with Gasteiger partial charge in [-0.3, -0.25) is 9.59 Å².